The second kappa shape index (κ2) is 9.90. The first-order valence-corrected chi connectivity index (χ1v) is 13.9. The highest BCUT2D eigenvalue weighted by Gasteiger charge is 2.72. The summed E-state index contributed by atoms with van der Waals surface area (Å²) in [6, 6.07) is 10.9. The van der Waals surface area contributed by atoms with Crippen molar-refractivity contribution < 1.29 is 23.5 Å². The molecule has 4 aliphatic rings. The number of likely N-dealkylation sites (tertiary alicyclic amines) is 1. The number of aryl methyl sites for hydroxylation is 2. The van der Waals surface area contributed by atoms with Gasteiger partial charge in [0.25, 0.3) is 0 Å². The van der Waals surface area contributed by atoms with E-state index in [1.807, 2.05) is 32.0 Å². The number of carbonyl (C=O) groups is 3. The van der Waals surface area contributed by atoms with Gasteiger partial charge in [0.2, 0.25) is 17.7 Å². The van der Waals surface area contributed by atoms with Crippen LogP contribution in [0, 0.1) is 31.5 Å². The molecular weight excluding hydrogens is 497 g/mol. The quantitative estimate of drug-likeness (QED) is 0.548. The summed E-state index contributed by atoms with van der Waals surface area (Å²) in [5.41, 5.74) is 1.83. The van der Waals surface area contributed by atoms with Gasteiger partial charge in [0.15, 0.2) is 0 Å². The molecule has 0 radical (unpaired) electrons. The Morgan fingerprint density at radius 2 is 1.82 bits per heavy atom. The topological polar surface area (TPSA) is 87.7 Å². The van der Waals surface area contributed by atoms with E-state index >= 15 is 0 Å². The number of carbonyl (C=O) groups excluding carboxylic acids is 3. The lowest BCUT2D eigenvalue weighted by atomic mass is 9.74. The van der Waals surface area contributed by atoms with Crippen molar-refractivity contribution in [1.29, 1.82) is 0 Å². The highest BCUT2D eigenvalue weighted by atomic mass is 19.1. The summed E-state index contributed by atoms with van der Waals surface area (Å²) in [6.07, 6.45) is 7.96. The molecule has 8 heteroatoms. The molecular formula is C31H34FN3O4. The molecule has 0 aromatic heterocycles. The molecule has 5 atom stereocenters. The summed E-state index contributed by atoms with van der Waals surface area (Å²) in [6.45, 7) is 3.89. The van der Waals surface area contributed by atoms with E-state index in [0.29, 0.717) is 11.3 Å². The zero-order valence-corrected chi connectivity index (χ0v) is 22.3. The zero-order chi connectivity index (χ0) is 27.3. The molecule has 2 bridgehead atoms. The van der Waals surface area contributed by atoms with Crippen LogP contribution in [0.5, 0.6) is 0 Å². The van der Waals surface area contributed by atoms with Crippen LogP contribution in [0.2, 0.25) is 0 Å². The van der Waals surface area contributed by atoms with Crippen LogP contribution < -0.4 is 10.6 Å². The molecule has 7 nitrogen and oxygen atoms in total. The van der Waals surface area contributed by atoms with Crippen LogP contribution in [-0.4, -0.2) is 46.4 Å². The zero-order valence-electron chi connectivity index (χ0n) is 22.3. The van der Waals surface area contributed by atoms with Crippen LogP contribution in [0.15, 0.2) is 54.6 Å². The lowest BCUT2D eigenvalue weighted by Crippen LogP contribution is -2.56. The Labute approximate surface area is 227 Å². The highest BCUT2D eigenvalue weighted by Crippen LogP contribution is 2.55. The van der Waals surface area contributed by atoms with Crippen molar-refractivity contribution in [1.82, 2.24) is 10.2 Å². The first-order chi connectivity index (χ1) is 18.8. The van der Waals surface area contributed by atoms with Crippen molar-refractivity contribution in [3.8, 4) is 0 Å². The fourth-order valence-electron chi connectivity index (χ4n) is 6.82. The van der Waals surface area contributed by atoms with E-state index in [1.54, 1.807) is 30.4 Å². The molecule has 204 valence electrons. The number of nitrogens with zero attached hydrogens (tertiary/aromatic N) is 1. The van der Waals surface area contributed by atoms with E-state index in [9.17, 15) is 18.8 Å². The molecule has 1 spiro atoms. The number of ether oxygens (including phenoxy) is 1. The van der Waals surface area contributed by atoms with Gasteiger partial charge in [-0.05, 0) is 56.0 Å². The smallest absolute Gasteiger partial charge is 0.246 e. The molecule has 2 aromatic rings. The largest absolute Gasteiger partial charge is 0.359 e. The summed E-state index contributed by atoms with van der Waals surface area (Å²) >= 11 is 0. The molecule has 3 aliphatic heterocycles. The SMILES string of the molecule is Cc1ccc(NC(=O)C2[C@@H]3C=CC4(O3)C(C(=O)NC3CCCCC3)N(Cc3ccccc3F)C(=O)[C@H]24)cc1C. The van der Waals surface area contributed by atoms with Crippen molar-refractivity contribution in [3.63, 3.8) is 0 Å². The van der Waals surface area contributed by atoms with E-state index < -0.39 is 35.4 Å². The number of amides is 3. The molecule has 3 heterocycles. The van der Waals surface area contributed by atoms with Gasteiger partial charge < -0.3 is 20.3 Å². The van der Waals surface area contributed by atoms with Crippen molar-refractivity contribution in [2.24, 2.45) is 11.8 Å². The number of rotatable bonds is 6. The molecule has 3 amide bonds. The van der Waals surface area contributed by atoms with Crippen molar-refractivity contribution in [3.05, 3.63) is 77.1 Å². The first kappa shape index (κ1) is 25.7. The Bertz CT molecular complexity index is 1350. The maximum atomic E-state index is 14.7. The third kappa shape index (κ3) is 4.35. The molecule has 1 saturated carbocycles. The molecule has 1 aliphatic carbocycles. The minimum atomic E-state index is -1.28. The summed E-state index contributed by atoms with van der Waals surface area (Å²) in [7, 11) is 0. The third-order valence-corrected chi connectivity index (χ3v) is 8.95. The highest BCUT2D eigenvalue weighted by molar-refractivity contribution is 6.02. The second-order valence-corrected chi connectivity index (χ2v) is 11.4. The van der Waals surface area contributed by atoms with Crippen LogP contribution >= 0.6 is 0 Å². The first-order valence-electron chi connectivity index (χ1n) is 13.9. The number of benzene rings is 2. The monoisotopic (exact) mass is 531 g/mol. The molecule has 6 rings (SSSR count). The van der Waals surface area contributed by atoms with Gasteiger partial charge in [0.1, 0.15) is 17.5 Å². The maximum absolute atomic E-state index is 14.7. The Kier molecular flexibility index (Phi) is 6.53. The van der Waals surface area contributed by atoms with Crippen LogP contribution in [-0.2, 0) is 25.7 Å². The lowest BCUT2D eigenvalue weighted by Gasteiger charge is -2.34. The predicted molar refractivity (Wildman–Crippen MR) is 144 cm³/mol. The van der Waals surface area contributed by atoms with Crippen molar-refractivity contribution in [2.75, 3.05) is 5.32 Å². The lowest BCUT2D eigenvalue weighted by molar-refractivity contribution is -0.142. The summed E-state index contributed by atoms with van der Waals surface area (Å²) in [4.78, 5) is 43.0. The maximum Gasteiger partial charge on any atom is 0.246 e. The summed E-state index contributed by atoms with van der Waals surface area (Å²) < 4.78 is 21.1. The van der Waals surface area contributed by atoms with Gasteiger partial charge in [-0.1, -0.05) is 55.7 Å². The van der Waals surface area contributed by atoms with Crippen LogP contribution in [0.4, 0.5) is 10.1 Å². The van der Waals surface area contributed by atoms with Gasteiger partial charge in [0, 0.05) is 23.8 Å². The van der Waals surface area contributed by atoms with Gasteiger partial charge in [-0.15, -0.1) is 0 Å². The van der Waals surface area contributed by atoms with Crippen molar-refractivity contribution >= 4 is 23.4 Å². The summed E-state index contributed by atoms with van der Waals surface area (Å²) in [5.74, 6) is -3.14. The van der Waals surface area contributed by atoms with Crippen LogP contribution in [0.3, 0.4) is 0 Å². The van der Waals surface area contributed by atoms with E-state index in [1.165, 1.54) is 11.0 Å². The fraction of sp³-hybridized carbons (Fsp3) is 0.452. The van der Waals surface area contributed by atoms with Gasteiger partial charge in [-0.3, -0.25) is 14.4 Å². The number of halogens is 1. The molecule has 3 unspecified atom stereocenters. The Morgan fingerprint density at radius 3 is 2.56 bits per heavy atom. The Balaban J connectivity index is 1.33. The minimum Gasteiger partial charge on any atom is -0.359 e. The number of fused-ring (bicyclic) bond motifs is 1. The molecule has 2 aromatic carbocycles. The number of hydrogen-bond acceptors (Lipinski definition) is 4. The number of anilines is 1. The predicted octanol–water partition coefficient (Wildman–Crippen LogP) is 4.18. The molecule has 39 heavy (non-hydrogen) atoms. The minimum absolute atomic E-state index is 0.0265. The van der Waals surface area contributed by atoms with Gasteiger partial charge >= 0.3 is 0 Å². The Hall–Kier alpha value is -3.52. The second-order valence-electron chi connectivity index (χ2n) is 11.4. The standard InChI is InChI=1S/C31H34FN3O4/c1-18-12-13-22(16-19(18)2)34-28(36)25-24-14-15-31(39-24)26(25)30(38)35(17-20-8-6-7-11-23(20)32)27(31)29(37)33-21-9-4-3-5-10-21/h6-8,11-16,21,24-27H,3-5,9-10,17H2,1-2H3,(H,33,37)(H,34,36)/t24-,25?,26-,27?,31?/m0/s1. The van der Waals surface area contributed by atoms with E-state index in [-0.39, 0.29) is 30.3 Å². The van der Waals surface area contributed by atoms with E-state index in [4.69, 9.17) is 4.74 Å². The molecule has 3 fully saturated rings. The third-order valence-electron chi connectivity index (χ3n) is 8.95. The Morgan fingerprint density at radius 1 is 1.05 bits per heavy atom. The normalized spacial score (nSPS) is 29.5. The number of nitrogens with one attached hydrogen (secondary N) is 2. The fourth-order valence-corrected chi connectivity index (χ4v) is 6.82. The number of hydrogen-bond donors (Lipinski definition) is 2. The van der Waals surface area contributed by atoms with E-state index in [2.05, 4.69) is 10.6 Å². The van der Waals surface area contributed by atoms with Gasteiger partial charge in [-0.2, -0.15) is 0 Å². The van der Waals surface area contributed by atoms with Gasteiger partial charge in [0.05, 0.1) is 17.9 Å². The average Bonchev–Trinajstić information content (AvgIpc) is 3.56. The summed E-state index contributed by atoms with van der Waals surface area (Å²) in [5, 5.41) is 6.12. The van der Waals surface area contributed by atoms with E-state index in [0.717, 1.165) is 43.2 Å². The average molecular weight is 532 g/mol. The molecule has 2 saturated heterocycles. The van der Waals surface area contributed by atoms with Gasteiger partial charge in [-0.25, -0.2) is 4.39 Å². The van der Waals surface area contributed by atoms with Crippen LogP contribution in [0.1, 0.15) is 48.8 Å². The van der Waals surface area contributed by atoms with Crippen molar-refractivity contribution in [2.45, 2.75) is 76.3 Å². The molecule has 2 N–H and O–H groups in total. The van der Waals surface area contributed by atoms with Crippen LogP contribution in [0.25, 0.3) is 0 Å².